The average molecular weight is 228 g/mol. The molecular formula is C9H9FN2O2S. The number of carboxylic acid groups (broad SMARTS) is 1. The van der Waals surface area contributed by atoms with Crippen molar-refractivity contribution < 1.29 is 14.3 Å². The van der Waals surface area contributed by atoms with E-state index < -0.39 is 17.6 Å². The number of hydrogen-bond donors (Lipinski definition) is 3. The molecular weight excluding hydrogens is 219 g/mol. The second-order valence-corrected chi connectivity index (χ2v) is 3.73. The van der Waals surface area contributed by atoms with Gasteiger partial charge in [0.05, 0.1) is 11.3 Å². The van der Waals surface area contributed by atoms with Crippen LogP contribution in [-0.2, 0) is 4.79 Å². The molecule has 0 saturated carbocycles. The van der Waals surface area contributed by atoms with Gasteiger partial charge in [-0.25, -0.2) is 4.39 Å². The summed E-state index contributed by atoms with van der Waals surface area (Å²) in [6.45, 7) is 0. The van der Waals surface area contributed by atoms with Crippen molar-refractivity contribution in [3.05, 3.63) is 29.6 Å². The number of nitrogen functional groups attached to an aromatic ring is 1. The lowest BCUT2D eigenvalue weighted by Gasteiger charge is -2.07. The molecule has 1 aromatic carbocycles. The fraction of sp³-hybridized carbons (Fsp3) is 0.111. The van der Waals surface area contributed by atoms with Gasteiger partial charge in [-0.3, -0.25) is 10.2 Å². The first-order chi connectivity index (χ1) is 7.02. The molecule has 0 aliphatic heterocycles. The minimum atomic E-state index is -1.00. The molecule has 0 bridgehead atoms. The third-order valence-electron chi connectivity index (χ3n) is 1.60. The molecule has 0 unspecified atom stereocenters. The summed E-state index contributed by atoms with van der Waals surface area (Å²) in [7, 11) is 0. The number of carboxylic acids is 1. The number of thioether (sulfide) groups is 1. The van der Waals surface area contributed by atoms with Gasteiger partial charge in [0.15, 0.2) is 0 Å². The van der Waals surface area contributed by atoms with E-state index in [1.165, 1.54) is 18.2 Å². The number of rotatable bonds is 4. The highest BCUT2D eigenvalue weighted by Gasteiger charge is 2.12. The zero-order valence-electron chi connectivity index (χ0n) is 7.66. The lowest BCUT2D eigenvalue weighted by Crippen LogP contribution is -2.15. The van der Waals surface area contributed by atoms with Crippen LogP contribution in [0.25, 0.3) is 0 Å². The summed E-state index contributed by atoms with van der Waals surface area (Å²) in [5.74, 6) is -2.21. The zero-order valence-corrected chi connectivity index (χ0v) is 8.47. The smallest absolute Gasteiger partial charge is 0.313 e. The molecule has 0 aromatic heterocycles. The van der Waals surface area contributed by atoms with Crippen molar-refractivity contribution in [2.24, 2.45) is 5.73 Å². The van der Waals surface area contributed by atoms with E-state index in [-0.39, 0.29) is 11.3 Å². The summed E-state index contributed by atoms with van der Waals surface area (Å²) in [5.41, 5.74) is 5.17. The van der Waals surface area contributed by atoms with Gasteiger partial charge in [0, 0.05) is 4.90 Å². The number of nitrogens with two attached hydrogens (primary N) is 1. The lowest BCUT2D eigenvalue weighted by molar-refractivity contribution is -0.133. The highest BCUT2D eigenvalue weighted by atomic mass is 32.2. The number of nitrogens with one attached hydrogen (secondary N) is 1. The van der Waals surface area contributed by atoms with Crippen LogP contribution in [0.4, 0.5) is 4.39 Å². The normalized spacial score (nSPS) is 9.93. The first-order valence-corrected chi connectivity index (χ1v) is 4.98. The minimum Gasteiger partial charge on any atom is -0.481 e. The quantitative estimate of drug-likeness (QED) is 0.411. The molecule has 0 fully saturated rings. The topological polar surface area (TPSA) is 87.2 Å². The molecule has 4 N–H and O–H groups in total. The molecule has 0 radical (unpaired) electrons. The Morgan fingerprint density at radius 3 is 2.80 bits per heavy atom. The molecule has 0 aliphatic carbocycles. The fourth-order valence-electron chi connectivity index (χ4n) is 1.03. The molecule has 4 nitrogen and oxygen atoms in total. The summed E-state index contributed by atoms with van der Waals surface area (Å²) in [5, 5.41) is 15.7. The predicted octanol–water partition coefficient (Wildman–Crippen LogP) is 1.29. The van der Waals surface area contributed by atoms with Crippen molar-refractivity contribution in [3.8, 4) is 0 Å². The Morgan fingerprint density at radius 1 is 1.60 bits per heavy atom. The van der Waals surface area contributed by atoms with Crippen molar-refractivity contribution in [1.82, 2.24) is 0 Å². The minimum absolute atomic E-state index is 0.0382. The van der Waals surface area contributed by atoms with Crippen LogP contribution in [0.5, 0.6) is 0 Å². The number of benzene rings is 1. The Labute approximate surface area is 89.8 Å². The zero-order chi connectivity index (χ0) is 11.4. The van der Waals surface area contributed by atoms with Crippen LogP contribution in [0, 0.1) is 11.2 Å². The second kappa shape index (κ2) is 4.79. The van der Waals surface area contributed by atoms with Crippen molar-refractivity contribution in [2.75, 3.05) is 5.75 Å². The highest BCUT2D eigenvalue weighted by Crippen LogP contribution is 2.24. The SMILES string of the molecule is N=C(N)c1c(F)cccc1SCC(=O)O. The van der Waals surface area contributed by atoms with E-state index in [0.717, 1.165) is 11.8 Å². The first-order valence-electron chi connectivity index (χ1n) is 4.00. The standard InChI is InChI=1S/C9H9FN2O2S/c10-5-2-1-3-6(8(5)9(11)12)15-4-7(13)14/h1-3H,4H2,(H3,11,12)(H,13,14). The van der Waals surface area contributed by atoms with Crippen molar-refractivity contribution in [3.63, 3.8) is 0 Å². The predicted molar refractivity (Wildman–Crippen MR) is 55.8 cm³/mol. The number of halogens is 1. The Kier molecular flexibility index (Phi) is 3.68. The summed E-state index contributed by atoms with van der Waals surface area (Å²) < 4.78 is 13.2. The van der Waals surface area contributed by atoms with E-state index >= 15 is 0 Å². The van der Waals surface area contributed by atoms with Crippen molar-refractivity contribution in [1.29, 1.82) is 5.41 Å². The first kappa shape index (κ1) is 11.5. The van der Waals surface area contributed by atoms with Gasteiger partial charge in [-0.15, -0.1) is 11.8 Å². The van der Waals surface area contributed by atoms with Crippen LogP contribution in [0.2, 0.25) is 0 Å². The van der Waals surface area contributed by atoms with E-state index in [2.05, 4.69) is 0 Å². The van der Waals surface area contributed by atoms with Gasteiger partial charge in [-0.05, 0) is 12.1 Å². The molecule has 0 heterocycles. The molecule has 0 spiro atoms. The molecule has 1 rings (SSSR count). The Morgan fingerprint density at radius 2 is 2.27 bits per heavy atom. The maximum Gasteiger partial charge on any atom is 0.313 e. The van der Waals surface area contributed by atoms with E-state index in [1.807, 2.05) is 0 Å². The van der Waals surface area contributed by atoms with Crippen LogP contribution in [0.1, 0.15) is 5.56 Å². The van der Waals surface area contributed by atoms with Crippen LogP contribution >= 0.6 is 11.8 Å². The number of carbonyl (C=O) groups is 1. The second-order valence-electron chi connectivity index (χ2n) is 2.71. The summed E-state index contributed by atoms with van der Waals surface area (Å²) >= 11 is 0.937. The molecule has 0 atom stereocenters. The van der Waals surface area contributed by atoms with E-state index in [1.54, 1.807) is 0 Å². The van der Waals surface area contributed by atoms with Gasteiger partial charge < -0.3 is 10.8 Å². The Hall–Kier alpha value is -1.56. The van der Waals surface area contributed by atoms with E-state index in [4.69, 9.17) is 16.2 Å². The molecule has 6 heteroatoms. The van der Waals surface area contributed by atoms with Gasteiger partial charge in [-0.1, -0.05) is 6.07 Å². The molecule has 80 valence electrons. The maximum atomic E-state index is 13.2. The van der Waals surface area contributed by atoms with E-state index in [9.17, 15) is 9.18 Å². The molecule has 0 saturated heterocycles. The largest absolute Gasteiger partial charge is 0.481 e. The summed E-state index contributed by atoms with van der Waals surface area (Å²) in [6, 6.07) is 4.17. The van der Waals surface area contributed by atoms with Gasteiger partial charge in [0.25, 0.3) is 0 Å². The van der Waals surface area contributed by atoms with Crippen LogP contribution in [-0.4, -0.2) is 22.7 Å². The number of hydrogen-bond acceptors (Lipinski definition) is 3. The van der Waals surface area contributed by atoms with Crippen LogP contribution in [0.3, 0.4) is 0 Å². The molecule has 15 heavy (non-hydrogen) atoms. The third kappa shape index (κ3) is 2.95. The van der Waals surface area contributed by atoms with Gasteiger partial charge in [0.1, 0.15) is 11.7 Å². The van der Waals surface area contributed by atoms with Gasteiger partial charge >= 0.3 is 5.97 Å². The van der Waals surface area contributed by atoms with Gasteiger partial charge in [0.2, 0.25) is 0 Å². The molecule has 1 aromatic rings. The van der Waals surface area contributed by atoms with Crippen molar-refractivity contribution in [2.45, 2.75) is 4.90 Å². The number of amidine groups is 1. The monoisotopic (exact) mass is 228 g/mol. The van der Waals surface area contributed by atoms with E-state index in [0.29, 0.717) is 4.90 Å². The van der Waals surface area contributed by atoms with Crippen LogP contribution < -0.4 is 5.73 Å². The molecule has 0 amide bonds. The Balaban J connectivity index is 3.01. The summed E-state index contributed by atoms with van der Waals surface area (Å²) in [4.78, 5) is 10.7. The average Bonchev–Trinajstić information content (AvgIpc) is 2.13. The maximum absolute atomic E-state index is 13.2. The van der Waals surface area contributed by atoms with Gasteiger partial charge in [-0.2, -0.15) is 0 Å². The lowest BCUT2D eigenvalue weighted by atomic mass is 10.2. The van der Waals surface area contributed by atoms with Crippen LogP contribution in [0.15, 0.2) is 23.1 Å². The Bertz CT molecular complexity index is 409. The summed E-state index contributed by atoms with van der Waals surface area (Å²) in [6.07, 6.45) is 0. The number of aliphatic carboxylic acids is 1. The highest BCUT2D eigenvalue weighted by molar-refractivity contribution is 8.00. The third-order valence-corrected chi connectivity index (χ3v) is 2.64. The van der Waals surface area contributed by atoms with Crippen molar-refractivity contribution >= 4 is 23.6 Å². The molecule has 0 aliphatic rings. The fourth-order valence-corrected chi connectivity index (χ4v) is 1.83.